The number of aromatic nitrogens is 2. The zero-order valence-electron chi connectivity index (χ0n) is 9.87. The van der Waals surface area contributed by atoms with E-state index >= 15 is 0 Å². The highest BCUT2D eigenvalue weighted by atomic mass is 79.9. The van der Waals surface area contributed by atoms with Gasteiger partial charge in [-0.2, -0.15) is 0 Å². The van der Waals surface area contributed by atoms with Crippen LogP contribution in [0.4, 0.5) is 0 Å². The third-order valence-electron chi connectivity index (χ3n) is 2.80. The fourth-order valence-electron chi connectivity index (χ4n) is 1.59. The monoisotopic (exact) mass is 297 g/mol. The molecule has 4 nitrogen and oxygen atoms in total. The first-order valence-corrected chi connectivity index (χ1v) is 6.49. The summed E-state index contributed by atoms with van der Waals surface area (Å²) >= 11 is 3.20. The van der Waals surface area contributed by atoms with Gasteiger partial charge in [0.05, 0.1) is 0 Å². The predicted octanol–water partition coefficient (Wildman–Crippen LogP) is 1.62. The lowest BCUT2D eigenvalue weighted by Crippen LogP contribution is -2.28. The first kappa shape index (κ1) is 12.5. The van der Waals surface area contributed by atoms with E-state index in [1.807, 2.05) is 6.92 Å². The average Bonchev–Trinajstić information content (AvgIpc) is 3.11. The third kappa shape index (κ3) is 3.26. The Bertz CT molecular complexity index is 491. The summed E-state index contributed by atoms with van der Waals surface area (Å²) in [5.41, 5.74) is 0.951. The molecule has 0 spiro atoms. The van der Waals surface area contributed by atoms with Crippen molar-refractivity contribution >= 4 is 15.9 Å². The summed E-state index contributed by atoms with van der Waals surface area (Å²) in [6.45, 7) is 7.12. The Morgan fingerprint density at radius 2 is 2.41 bits per heavy atom. The van der Waals surface area contributed by atoms with Crippen molar-refractivity contribution in [2.75, 3.05) is 6.54 Å². The summed E-state index contributed by atoms with van der Waals surface area (Å²) in [7, 11) is 0. The van der Waals surface area contributed by atoms with E-state index in [0.717, 1.165) is 12.1 Å². The molecule has 1 saturated carbocycles. The zero-order chi connectivity index (χ0) is 12.4. The van der Waals surface area contributed by atoms with Crippen molar-refractivity contribution in [1.82, 2.24) is 14.9 Å². The molecule has 0 unspecified atom stereocenters. The molecule has 0 aliphatic heterocycles. The highest BCUT2D eigenvalue weighted by Crippen LogP contribution is 2.18. The molecule has 1 heterocycles. The van der Waals surface area contributed by atoms with E-state index in [9.17, 15) is 4.79 Å². The minimum absolute atomic E-state index is 0.0509. The van der Waals surface area contributed by atoms with Crippen LogP contribution in [0, 0.1) is 6.92 Å². The summed E-state index contributed by atoms with van der Waals surface area (Å²) in [6, 6.07) is 0.658. The van der Waals surface area contributed by atoms with Gasteiger partial charge in [0.1, 0.15) is 10.3 Å². The predicted molar refractivity (Wildman–Crippen MR) is 71.1 cm³/mol. The van der Waals surface area contributed by atoms with Gasteiger partial charge in [0.25, 0.3) is 5.56 Å². The lowest BCUT2D eigenvalue weighted by atomic mass is 10.3. The molecule has 0 radical (unpaired) electrons. The van der Waals surface area contributed by atoms with Gasteiger partial charge >= 0.3 is 0 Å². The fraction of sp³-hybridized carbons (Fsp3) is 0.500. The summed E-state index contributed by atoms with van der Waals surface area (Å²) in [5.74, 6) is 0.714. The highest BCUT2D eigenvalue weighted by Gasteiger charge is 2.20. The molecule has 2 rings (SSSR count). The van der Waals surface area contributed by atoms with E-state index in [1.165, 1.54) is 12.8 Å². The normalized spacial score (nSPS) is 14.9. The van der Waals surface area contributed by atoms with Crippen molar-refractivity contribution in [1.29, 1.82) is 0 Å². The number of hydrogen-bond acceptors (Lipinski definition) is 3. The molecule has 1 aliphatic rings. The molecule has 5 heteroatoms. The Kier molecular flexibility index (Phi) is 3.79. The van der Waals surface area contributed by atoms with Crippen LogP contribution in [0.15, 0.2) is 27.6 Å². The van der Waals surface area contributed by atoms with Crippen LogP contribution < -0.4 is 10.9 Å². The van der Waals surface area contributed by atoms with Gasteiger partial charge < -0.3 is 5.32 Å². The number of nitrogens with one attached hydrogen (secondary N) is 1. The smallest absolute Gasteiger partial charge is 0.268 e. The average molecular weight is 298 g/mol. The maximum absolute atomic E-state index is 11.9. The molecular formula is C12H16BrN3O. The van der Waals surface area contributed by atoms with Gasteiger partial charge in [0.2, 0.25) is 0 Å². The van der Waals surface area contributed by atoms with Crippen LogP contribution in [0.3, 0.4) is 0 Å². The lowest BCUT2D eigenvalue weighted by molar-refractivity contribution is 0.643. The molecule has 1 fully saturated rings. The molecule has 0 saturated heterocycles. The Morgan fingerprint density at radius 3 is 3.06 bits per heavy atom. The van der Waals surface area contributed by atoms with Crippen LogP contribution in [-0.2, 0) is 6.54 Å². The Hall–Kier alpha value is -0.940. The van der Waals surface area contributed by atoms with Crippen molar-refractivity contribution in [3.05, 3.63) is 39.0 Å². The van der Waals surface area contributed by atoms with Gasteiger partial charge in [-0.25, -0.2) is 4.98 Å². The van der Waals surface area contributed by atoms with Crippen LogP contribution >= 0.6 is 15.9 Å². The minimum Gasteiger partial charge on any atom is -0.310 e. The molecule has 1 aliphatic carbocycles. The molecule has 0 aromatic carbocycles. The molecule has 1 N–H and O–H groups in total. The van der Waals surface area contributed by atoms with E-state index in [1.54, 1.807) is 10.8 Å². The van der Waals surface area contributed by atoms with E-state index < -0.39 is 0 Å². The second-order valence-corrected chi connectivity index (χ2v) is 5.30. The first-order chi connectivity index (χ1) is 8.08. The maximum atomic E-state index is 11.9. The largest absolute Gasteiger partial charge is 0.310 e. The number of aryl methyl sites for hydroxylation is 1. The van der Waals surface area contributed by atoms with Crippen LogP contribution in [0.25, 0.3) is 0 Å². The molecule has 0 atom stereocenters. The quantitative estimate of drug-likeness (QED) is 0.840. The summed E-state index contributed by atoms with van der Waals surface area (Å²) in [4.78, 5) is 16.0. The third-order valence-corrected chi connectivity index (χ3v) is 3.35. The second-order valence-electron chi connectivity index (χ2n) is 4.45. The first-order valence-electron chi connectivity index (χ1n) is 5.70. The van der Waals surface area contributed by atoms with Crippen molar-refractivity contribution in [3.63, 3.8) is 0 Å². The van der Waals surface area contributed by atoms with Crippen LogP contribution in [-0.4, -0.2) is 22.1 Å². The molecule has 17 heavy (non-hydrogen) atoms. The molecule has 0 amide bonds. The lowest BCUT2D eigenvalue weighted by Gasteiger charge is -2.12. The summed E-state index contributed by atoms with van der Waals surface area (Å²) in [5, 5.41) is 3.38. The van der Waals surface area contributed by atoms with Crippen LogP contribution in [0.2, 0.25) is 0 Å². The number of hydrogen-bond donors (Lipinski definition) is 1. The van der Waals surface area contributed by atoms with E-state index in [2.05, 4.69) is 32.8 Å². The summed E-state index contributed by atoms with van der Waals surface area (Å²) < 4.78 is 2.13. The minimum atomic E-state index is -0.0509. The van der Waals surface area contributed by atoms with Crippen molar-refractivity contribution in [2.45, 2.75) is 32.4 Å². The van der Waals surface area contributed by atoms with Gasteiger partial charge in [-0.05, 0) is 41.3 Å². The van der Waals surface area contributed by atoms with Crippen molar-refractivity contribution in [3.8, 4) is 0 Å². The molecule has 92 valence electrons. The topological polar surface area (TPSA) is 46.9 Å². The molecular weight excluding hydrogens is 282 g/mol. The Morgan fingerprint density at radius 1 is 1.71 bits per heavy atom. The van der Waals surface area contributed by atoms with Gasteiger partial charge in [-0.3, -0.25) is 9.36 Å². The van der Waals surface area contributed by atoms with E-state index in [-0.39, 0.29) is 5.56 Å². The van der Waals surface area contributed by atoms with E-state index in [0.29, 0.717) is 22.9 Å². The number of nitrogens with zero attached hydrogens (tertiary/aromatic N) is 2. The molecule has 1 aromatic rings. The van der Waals surface area contributed by atoms with Crippen LogP contribution in [0.1, 0.15) is 18.7 Å². The summed E-state index contributed by atoms with van der Waals surface area (Å²) in [6.07, 6.45) is 4.05. The van der Waals surface area contributed by atoms with Gasteiger partial charge in [-0.1, -0.05) is 6.58 Å². The Balaban J connectivity index is 2.04. The van der Waals surface area contributed by atoms with Gasteiger partial charge in [-0.15, -0.1) is 0 Å². The second kappa shape index (κ2) is 5.14. The fourth-order valence-corrected chi connectivity index (χ4v) is 1.91. The van der Waals surface area contributed by atoms with E-state index in [4.69, 9.17) is 0 Å². The van der Waals surface area contributed by atoms with Crippen molar-refractivity contribution in [2.24, 2.45) is 0 Å². The van der Waals surface area contributed by atoms with Gasteiger partial charge in [0.15, 0.2) is 0 Å². The SMILES string of the molecule is C=C(CNC1CC1)Cn1c(C)ncc(Br)c1=O. The van der Waals surface area contributed by atoms with Crippen LogP contribution in [0.5, 0.6) is 0 Å². The maximum Gasteiger partial charge on any atom is 0.268 e. The number of rotatable bonds is 5. The molecule has 1 aromatic heterocycles. The standard InChI is InChI=1S/C12H16BrN3O/c1-8(5-15-10-3-4-10)7-16-9(2)14-6-11(13)12(16)17/h6,10,15H,1,3-5,7H2,2H3. The molecule has 0 bridgehead atoms. The highest BCUT2D eigenvalue weighted by molar-refractivity contribution is 9.10. The Labute approximate surface area is 109 Å². The number of halogens is 1. The van der Waals surface area contributed by atoms with Crippen molar-refractivity contribution < 1.29 is 0 Å². The van der Waals surface area contributed by atoms with Gasteiger partial charge in [0, 0.05) is 25.3 Å². The zero-order valence-corrected chi connectivity index (χ0v) is 11.5.